The topological polar surface area (TPSA) is 101 Å². The molecular weight excluding hydrogens is 492 g/mol. The molecule has 40 heavy (non-hydrogen) atoms. The summed E-state index contributed by atoms with van der Waals surface area (Å²) >= 11 is 0. The third-order valence-corrected chi connectivity index (χ3v) is 6.69. The zero-order valence-corrected chi connectivity index (χ0v) is 21.6. The summed E-state index contributed by atoms with van der Waals surface area (Å²) in [5, 5.41) is 22.4. The monoisotopic (exact) mass is 518 g/mol. The molecule has 0 unspecified atom stereocenters. The zero-order chi connectivity index (χ0) is 27.3. The Labute approximate surface area is 232 Å². The molecule has 6 rings (SSSR count). The van der Waals surface area contributed by atoms with E-state index in [1.54, 1.807) is 0 Å². The first-order valence-corrected chi connectivity index (χ1v) is 12.9. The lowest BCUT2D eigenvalue weighted by Crippen LogP contribution is -1.86. The molecule has 0 atom stereocenters. The van der Waals surface area contributed by atoms with Crippen molar-refractivity contribution in [3.05, 3.63) is 132 Å². The highest BCUT2D eigenvalue weighted by molar-refractivity contribution is 6.01. The van der Waals surface area contributed by atoms with Gasteiger partial charge in [-0.25, -0.2) is 0 Å². The van der Waals surface area contributed by atoms with Crippen LogP contribution in [0.2, 0.25) is 0 Å². The fourth-order valence-electron chi connectivity index (χ4n) is 4.62. The van der Waals surface area contributed by atoms with Crippen molar-refractivity contribution in [3.63, 3.8) is 0 Å². The van der Waals surface area contributed by atoms with Crippen LogP contribution in [0.4, 0.5) is 34.1 Å². The molecule has 0 spiro atoms. The molecule has 0 aliphatic heterocycles. The molecule has 0 aliphatic carbocycles. The van der Waals surface area contributed by atoms with E-state index in [-0.39, 0.29) is 0 Å². The molecule has 0 amide bonds. The highest BCUT2D eigenvalue weighted by Gasteiger charge is 2.09. The summed E-state index contributed by atoms with van der Waals surface area (Å²) in [6.07, 6.45) is 4.06. The summed E-state index contributed by atoms with van der Waals surface area (Å²) < 4.78 is 0. The zero-order valence-electron chi connectivity index (χ0n) is 21.6. The first-order chi connectivity index (χ1) is 19.7. The van der Waals surface area contributed by atoms with E-state index in [0.717, 1.165) is 44.0 Å². The van der Waals surface area contributed by atoms with Gasteiger partial charge in [-0.15, -0.1) is 20.5 Å². The van der Waals surface area contributed by atoms with Crippen LogP contribution >= 0.6 is 0 Å². The second-order valence-corrected chi connectivity index (χ2v) is 9.30. The summed E-state index contributed by atoms with van der Waals surface area (Å²) in [6, 6.07) is 39.2. The molecule has 4 N–H and O–H groups in total. The van der Waals surface area contributed by atoms with Gasteiger partial charge in [0.25, 0.3) is 0 Å². The van der Waals surface area contributed by atoms with Gasteiger partial charge in [0.05, 0.1) is 11.4 Å². The lowest BCUT2D eigenvalue weighted by Gasteiger charge is -2.07. The van der Waals surface area contributed by atoms with Crippen molar-refractivity contribution in [2.24, 2.45) is 20.5 Å². The van der Waals surface area contributed by atoms with Crippen molar-refractivity contribution in [2.75, 3.05) is 11.5 Å². The van der Waals surface area contributed by atoms with E-state index < -0.39 is 0 Å². The molecule has 0 aromatic heterocycles. The first-order valence-electron chi connectivity index (χ1n) is 12.9. The molecule has 0 aliphatic rings. The summed E-state index contributed by atoms with van der Waals surface area (Å²) in [5.74, 6) is 0. The Morgan fingerprint density at radius 2 is 0.925 bits per heavy atom. The van der Waals surface area contributed by atoms with E-state index >= 15 is 0 Å². The summed E-state index contributed by atoms with van der Waals surface area (Å²) in [5.41, 5.74) is 18.4. The Kier molecular flexibility index (Phi) is 6.80. The van der Waals surface area contributed by atoms with Crippen LogP contribution in [0.15, 0.2) is 142 Å². The second kappa shape index (κ2) is 11.0. The minimum absolute atomic E-state index is 0.597. The fourth-order valence-corrected chi connectivity index (χ4v) is 4.62. The third kappa shape index (κ3) is 5.06. The number of azo groups is 2. The number of hydrogen-bond acceptors (Lipinski definition) is 6. The number of nitrogens with zero attached hydrogens (tertiary/aromatic N) is 4. The Morgan fingerprint density at radius 3 is 1.55 bits per heavy atom. The van der Waals surface area contributed by atoms with Gasteiger partial charge in [0.15, 0.2) is 0 Å². The highest BCUT2D eigenvalue weighted by atomic mass is 15.2. The van der Waals surface area contributed by atoms with Gasteiger partial charge in [0.2, 0.25) is 0 Å². The molecule has 0 heterocycles. The molecule has 0 radical (unpaired) electrons. The standard InChI is InChI=1S/C34H26N6/c35-29-19-21-31(27-14-6-4-12-25(27)29)37-39-33-16-8-11-24(18-17-23-9-2-1-3-10-23)34(33)40-38-32-22-20-30(36)26-13-5-7-15-28(26)32/h1-22H,35-36H2. The number of benzene rings is 6. The fraction of sp³-hybridized carbons (Fsp3) is 0. The molecule has 0 saturated heterocycles. The average molecular weight is 519 g/mol. The van der Waals surface area contributed by atoms with Gasteiger partial charge in [0.1, 0.15) is 11.4 Å². The Morgan fingerprint density at radius 1 is 0.400 bits per heavy atom. The average Bonchev–Trinajstić information content (AvgIpc) is 3.00. The number of anilines is 2. The minimum atomic E-state index is 0.597. The van der Waals surface area contributed by atoms with Crippen LogP contribution in [0, 0.1) is 0 Å². The van der Waals surface area contributed by atoms with Gasteiger partial charge in [-0.3, -0.25) is 0 Å². The second-order valence-electron chi connectivity index (χ2n) is 9.30. The molecule has 6 heteroatoms. The number of fused-ring (bicyclic) bond motifs is 2. The van der Waals surface area contributed by atoms with Crippen LogP contribution in [0.25, 0.3) is 33.7 Å². The van der Waals surface area contributed by atoms with Gasteiger partial charge >= 0.3 is 0 Å². The van der Waals surface area contributed by atoms with Crippen molar-refractivity contribution in [3.8, 4) is 0 Å². The molecule has 6 aromatic carbocycles. The molecule has 0 bridgehead atoms. The van der Waals surface area contributed by atoms with E-state index in [9.17, 15) is 0 Å². The van der Waals surface area contributed by atoms with Crippen molar-refractivity contribution < 1.29 is 0 Å². The lowest BCUT2D eigenvalue weighted by atomic mass is 10.1. The Bertz CT molecular complexity index is 1920. The van der Waals surface area contributed by atoms with Crippen molar-refractivity contribution >= 4 is 67.8 Å². The lowest BCUT2D eigenvalue weighted by molar-refractivity contribution is 1.19. The van der Waals surface area contributed by atoms with Gasteiger partial charge in [-0.05, 0) is 35.9 Å². The number of rotatable bonds is 6. The maximum atomic E-state index is 6.20. The van der Waals surface area contributed by atoms with Gasteiger partial charge in [-0.2, -0.15) is 0 Å². The third-order valence-electron chi connectivity index (χ3n) is 6.69. The van der Waals surface area contributed by atoms with E-state index in [4.69, 9.17) is 16.6 Å². The van der Waals surface area contributed by atoms with Crippen molar-refractivity contribution in [1.82, 2.24) is 0 Å². The van der Waals surface area contributed by atoms with Crippen LogP contribution in [0.1, 0.15) is 11.1 Å². The normalized spacial score (nSPS) is 11.9. The molecule has 6 aromatic rings. The first kappa shape index (κ1) is 24.7. The summed E-state index contributed by atoms with van der Waals surface area (Å²) in [6.45, 7) is 0. The molecule has 192 valence electrons. The molecular formula is C34H26N6. The maximum Gasteiger partial charge on any atom is 0.120 e. The number of nitrogens with two attached hydrogens (primary N) is 2. The maximum absolute atomic E-state index is 6.20. The van der Waals surface area contributed by atoms with Crippen LogP contribution in [-0.4, -0.2) is 0 Å². The predicted octanol–water partition coefficient (Wildman–Crippen LogP) is 10.2. The van der Waals surface area contributed by atoms with E-state index in [2.05, 4.69) is 15.3 Å². The SMILES string of the molecule is Nc1ccc(N=Nc2cccc(C=Cc3ccccc3)c2N=Nc2ccc(N)c3ccccc23)c2ccccc12. The van der Waals surface area contributed by atoms with Gasteiger partial charge in [0, 0.05) is 38.5 Å². The molecule has 6 nitrogen and oxygen atoms in total. The predicted molar refractivity (Wildman–Crippen MR) is 167 cm³/mol. The van der Waals surface area contributed by atoms with Crippen molar-refractivity contribution in [2.45, 2.75) is 0 Å². The van der Waals surface area contributed by atoms with Crippen molar-refractivity contribution in [1.29, 1.82) is 0 Å². The van der Waals surface area contributed by atoms with E-state index in [1.165, 1.54) is 0 Å². The van der Waals surface area contributed by atoms with Crippen LogP contribution in [0.3, 0.4) is 0 Å². The highest BCUT2D eigenvalue weighted by Crippen LogP contribution is 2.38. The van der Waals surface area contributed by atoms with E-state index in [0.29, 0.717) is 22.7 Å². The van der Waals surface area contributed by atoms with Crippen LogP contribution in [-0.2, 0) is 0 Å². The smallest absolute Gasteiger partial charge is 0.120 e. The number of hydrogen-bond donors (Lipinski definition) is 2. The van der Waals surface area contributed by atoms with E-state index in [1.807, 2.05) is 133 Å². The quantitative estimate of drug-likeness (QED) is 0.130. The molecule has 0 fully saturated rings. The Hall–Kier alpha value is -5.62. The Balaban J connectivity index is 1.46. The van der Waals surface area contributed by atoms with Crippen LogP contribution < -0.4 is 11.5 Å². The van der Waals surface area contributed by atoms with Gasteiger partial charge in [-0.1, -0.05) is 103 Å². The minimum Gasteiger partial charge on any atom is -0.398 e. The largest absolute Gasteiger partial charge is 0.398 e. The number of nitrogen functional groups attached to an aromatic ring is 2. The van der Waals surface area contributed by atoms with Crippen LogP contribution in [0.5, 0.6) is 0 Å². The van der Waals surface area contributed by atoms with Gasteiger partial charge < -0.3 is 11.5 Å². The summed E-state index contributed by atoms with van der Waals surface area (Å²) in [4.78, 5) is 0. The molecule has 0 saturated carbocycles. The summed E-state index contributed by atoms with van der Waals surface area (Å²) in [7, 11) is 0.